The normalized spacial score (nSPS) is 35.0. The van der Waals surface area contributed by atoms with E-state index in [1.807, 2.05) is 26.0 Å². The molecular formula is C20H46. The molecule has 0 nitrogen and oxygen atoms in total. The third-order valence-corrected chi connectivity index (χ3v) is 5.03. The molecule has 0 saturated heterocycles. The highest BCUT2D eigenvalue weighted by Gasteiger charge is 2.45. The fourth-order valence-corrected chi connectivity index (χ4v) is 4.20. The second kappa shape index (κ2) is 12.5. The molecule has 0 N–H and O–H groups in total. The van der Waals surface area contributed by atoms with Crippen LogP contribution in [0.1, 0.15) is 90.0 Å². The summed E-state index contributed by atoms with van der Waals surface area (Å²) < 4.78 is 0. The molecule has 0 heterocycles. The first kappa shape index (κ1) is 28.0. The summed E-state index contributed by atoms with van der Waals surface area (Å²) in [6.45, 7) is 6.51. The molecule has 0 heteroatoms. The summed E-state index contributed by atoms with van der Waals surface area (Å²) >= 11 is 0. The molecule has 0 spiro atoms. The molecule has 4 saturated carbocycles. The van der Waals surface area contributed by atoms with Crippen molar-refractivity contribution in [1.82, 2.24) is 0 Å². The quantitative estimate of drug-likeness (QED) is 0.398. The first-order chi connectivity index (χ1) is 7.24. The van der Waals surface area contributed by atoms with Gasteiger partial charge < -0.3 is 0 Å². The molecule has 4 aliphatic rings. The van der Waals surface area contributed by atoms with Crippen LogP contribution in [0.2, 0.25) is 0 Å². The minimum Gasteiger partial charge on any atom is -0.0919 e. The van der Waals surface area contributed by atoms with Gasteiger partial charge in [-0.05, 0) is 75.5 Å². The summed E-state index contributed by atoms with van der Waals surface area (Å²) in [5, 5.41) is 0. The molecule has 0 amide bonds. The zero-order chi connectivity index (χ0) is 10.8. The summed E-state index contributed by atoms with van der Waals surface area (Å²) in [6.07, 6.45) is 12.0. The molecule has 4 aliphatic carbocycles. The molecule has 4 bridgehead atoms. The van der Waals surface area contributed by atoms with Crippen LogP contribution in [-0.4, -0.2) is 0 Å². The van der Waals surface area contributed by atoms with Crippen molar-refractivity contribution in [2.45, 2.75) is 90.0 Å². The lowest BCUT2D eigenvalue weighted by Crippen LogP contribution is -2.43. The van der Waals surface area contributed by atoms with Gasteiger partial charge in [0.25, 0.3) is 0 Å². The predicted octanol–water partition coefficient (Wildman–Crippen LogP) is 7.84. The standard InChI is InChI=1S/C11H18.C4H8.5CH4/c1-7-10-3-8-2-9(5-10)6-11(7)4-8;1-3-4-2;;;;;/h7-11H,2-6H2,1H3;3-4H,1-2H3;5*1H4/b;4-3-;;;;;. The monoisotopic (exact) mass is 286 g/mol. The highest BCUT2D eigenvalue weighted by molar-refractivity contribution is 4.96. The minimum atomic E-state index is 0. The Hall–Kier alpha value is -0.260. The van der Waals surface area contributed by atoms with E-state index in [9.17, 15) is 0 Å². The fraction of sp³-hybridized carbons (Fsp3) is 0.900. The third-order valence-electron chi connectivity index (χ3n) is 5.03. The van der Waals surface area contributed by atoms with E-state index >= 15 is 0 Å². The Morgan fingerprint density at radius 1 is 0.600 bits per heavy atom. The first-order valence-electron chi connectivity index (χ1n) is 6.81. The van der Waals surface area contributed by atoms with Gasteiger partial charge in [0, 0.05) is 0 Å². The number of allylic oxidation sites excluding steroid dienone is 2. The van der Waals surface area contributed by atoms with E-state index in [0.29, 0.717) is 0 Å². The zero-order valence-electron chi connectivity index (χ0n) is 10.6. The van der Waals surface area contributed by atoms with Crippen LogP contribution in [-0.2, 0) is 0 Å². The number of hydrogen-bond acceptors (Lipinski definition) is 0. The van der Waals surface area contributed by atoms with Crippen LogP contribution in [0.25, 0.3) is 0 Å². The Morgan fingerprint density at radius 3 is 1.15 bits per heavy atom. The van der Waals surface area contributed by atoms with Crippen LogP contribution in [0.15, 0.2) is 12.2 Å². The van der Waals surface area contributed by atoms with Gasteiger partial charge in [0.15, 0.2) is 0 Å². The van der Waals surface area contributed by atoms with Crippen LogP contribution in [0.3, 0.4) is 0 Å². The van der Waals surface area contributed by atoms with Crippen molar-refractivity contribution in [3.05, 3.63) is 12.2 Å². The molecule has 0 aromatic heterocycles. The van der Waals surface area contributed by atoms with Crippen LogP contribution < -0.4 is 0 Å². The highest BCUT2D eigenvalue weighted by Crippen LogP contribution is 2.56. The van der Waals surface area contributed by atoms with Gasteiger partial charge >= 0.3 is 0 Å². The molecule has 0 unspecified atom stereocenters. The van der Waals surface area contributed by atoms with E-state index in [-0.39, 0.29) is 37.1 Å². The van der Waals surface area contributed by atoms with E-state index in [1.165, 1.54) is 0 Å². The van der Waals surface area contributed by atoms with Crippen LogP contribution >= 0.6 is 0 Å². The average Bonchev–Trinajstić information content (AvgIpc) is 2.25. The summed E-state index contributed by atoms with van der Waals surface area (Å²) in [6, 6.07) is 0. The molecule has 0 radical (unpaired) electrons. The maximum absolute atomic E-state index is 2.51. The molecule has 0 aliphatic heterocycles. The van der Waals surface area contributed by atoms with Gasteiger partial charge in [-0.1, -0.05) is 56.2 Å². The second-order valence-corrected chi connectivity index (χ2v) is 5.96. The van der Waals surface area contributed by atoms with Crippen LogP contribution in [0.4, 0.5) is 0 Å². The molecule has 126 valence electrons. The van der Waals surface area contributed by atoms with Gasteiger partial charge in [0.1, 0.15) is 0 Å². The second-order valence-electron chi connectivity index (χ2n) is 5.96. The molecule has 4 fully saturated rings. The van der Waals surface area contributed by atoms with Crippen molar-refractivity contribution in [2.24, 2.45) is 29.6 Å². The Kier molecular flexibility index (Phi) is 17.5. The van der Waals surface area contributed by atoms with Crippen LogP contribution in [0.5, 0.6) is 0 Å². The van der Waals surface area contributed by atoms with E-state index in [1.54, 1.807) is 32.1 Å². The van der Waals surface area contributed by atoms with Crippen molar-refractivity contribution in [2.75, 3.05) is 0 Å². The number of rotatable bonds is 0. The third kappa shape index (κ3) is 6.02. The van der Waals surface area contributed by atoms with Gasteiger partial charge in [0.2, 0.25) is 0 Å². The lowest BCUT2D eigenvalue weighted by molar-refractivity contribution is -0.0282. The molecule has 0 atom stereocenters. The van der Waals surface area contributed by atoms with Crippen molar-refractivity contribution in [3.63, 3.8) is 0 Å². The van der Waals surface area contributed by atoms with Crippen molar-refractivity contribution >= 4 is 0 Å². The Bertz CT molecular complexity index is 194. The fourth-order valence-electron chi connectivity index (χ4n) is 4.20. The summed E-state index contributed by atoms with van der Waals surface area (Å²) in [7, 11) is 0. The highest BCUT2D eigenvalue weighted by atomic mass is 14.5. The van der Waals surface area contributed by atoms with Gasteiger partial charge in [-0.25, -0.2) is 0 Å². The molecule has 20 heavy (non-hydrogen) atoms. The Morgan fingerprint density at radius 2 is 0.900 bits per heavy atom. The predicted molar refractivity (Wildman–Crippen MR) is 100 cm³/mol. The zero-order valence-corrected chi connectivity index (χ0v) is 10.6. The van der Waals surface area contributed by atoms with Crippen LogP contribution in [0, 0.1) is 29.6 Å². The topological polar surface area (TPSA) is 0 Å². The summed E-state index contributed by atoms with van der Waals surface area (Å²) in [4.78, 5) is 0. The van der Waals surface area contributed by atoms with Crippen molar-refractivity contribution in [1.29, 1.82) is 0 Å². The minimum absolute atomic E-state index is 0. The molecule has 0 aromatic carbocycles. The van der Waals surface area contributed by atoms with E-state index in [0.717, 1.165) is 29.6 Å². The summed E-state index contributed by atoms with van der Waals surface area (Å²) in [5.41, 5.74) is 0. The largest absolute Gasteiger partial charge is 0.0919 e. The Labute approximate surface area is 132 Å². The maximum atomic E-state index is 2.51. The average molecular weight is 287 g/mol. The van der Waals surface area contributed by atoms with Gasteiger partial charge in [0.05, 0.1) is 0 Å². The molecule has 4 rings (SSSR count). The van der Waals surface area contributed by atoms with Crippen molar-refractivity contribution < 1.29 is 0 Å². The van der Waals surface area contributed by atoms with E-state index in [4.69, 9.17) is 0 Å². The number of hydrogen-bond donors (Lipinski definition) is 0. The van der Waals surface area contributed by atoms with Gasteiger partial charge in [-0.3, -0.25) is 0 Å². The lowest BCUT2D eigenvalue weighted by atomic mass is 9.52. The first-order valence-corrected chi connectivity index (χ1v) is 6.81. The van der Waals surface area contributed by atoms with E-state index < -0.39 is 0 Å². The Balaban J connectivity index is -0.000000131. The molecular weight excluding hydrogens is 240 g/mol. The van der Waals surface area contributed by atoms with Gasteiger partial charge in [-0.2, -0.15) is 0 Å². The van der Waals surface area contributed by atoms with Gasteiger partial charge in [-0.15, -0.1) is 0 Å². The summed E-state index contributed by atoms with van der Waals surface area (Å²) in [5.74, 6) is 5.70. The van der Waals surface area contributed by atoms with E-state index in [2.05, 4.69) is 6.92 Å². The SMILES string of the molecule is C.C.C.C.C.C/C=C\C.CC1C2CC3CC(C2)CC1C3. The molecule has 0 aromatic rings. The maximum Gasteiger partial charge on any atom is -0.0381 e. The smallest absolute Gasteiger partial charge is 0.0381 e. The lowest BCUT2D eigenvalue weighted by Gasteiger charge is -2.53. The van der Waals surface area contributed by atoms with Crippen molar-refractivity contribution in [3.8, 4) is 0 Å².